The van der Waals surface area contributed by atoms with Crippen LogP contribution in [0, 0.1) is 0 Å². The van der Waals surface area contributed by atoms with Gasteiger partial charge in [-0.25, -0.2) is 4.79 Å². The van der Waals surface area contributed by atoms with Gasteiger partial charge in [0.25, 0.3) is 0 Å². The highest BCUT2D eigenvalue weighted by Crippen LogP contribution is 2.26. The number of fused-ring (bicyclic) bond motifs is 1. The number of carbonyl (C=O) groups is 2. The zero-order chi connectivity index (χ0) is 19.3. The van der Waals surface area contributed by atoms with Crippen molar-refractivity contribution in [3.05, 3.63) is 29.3 Å². The quantitative estimate of drug-likeness (QED) is 0.818. The van der Waals surface area contributed by atoms with E-state index < -0.39 is 0 Å². The average molecular weight is 386 g/mol. The third kappa shape index (κ3) is 5.18. The largest absolute Gasteiger partial charge is 0.491 e. The maximum absolute atomic E-state index is 12.7. The van der Waals surface area contributed by atoms with Crippen LogP contribution in [0.3, 0.4) is 0 Å². The lowest BCUT2D eigenvalue weighted by atomic mass is 9.96. The van der Waals surface area contributed by atoms with Crippen LogP contribution in [0.15, 0.2) is 18.2 Å². The molecule has 0 saturated heterocycles. The summed E-state index contributed by atoms with van der Waals surface area (Å²) in [4.78, 5) is 26.5. The molecule has 2 N–H and O–H groups in total. The van der Waals surface area contributed by atoms with Gasteiger partial charge in [0.15, 0.2) is 0 Å². The summed E-state index contributed by atoms with van der Waals surface area (Å²) in [5.41, 5.74) is 2.14. The molecule has 4 rings (SSSR count). The van der Waals surface area contributed by atoms with Gasteiger partial charge in [-0.3, -0.25) is 4.79 Å². The number of benzene rings is 1. The summed E-state index contributed by atoms with van der Waals surface area (Å²) >= 11 is 0. The molecule has 0 aromatic heterocycles. The Morgan fingerprint density at radius 1 is 1.04 bits per heavy atom. The van der Waals surface area contributed by atoms with Crippen LogP contribution in [0.25, 0.3) is 0 Å². The standard InChI is InChI=1S/C22H31N3O3/c26-21(23-19-8-9-19)11-7-16-6-10-20-17(14-16)15-25(12-13-28-20)22(27)24-18-4-2-1-3-5-18/h6,10,14,18-19H,1-5,7-9,11-13,15H2,(H,23,26)(H,24,27). The number of hydrogen-bond acceptors (Lipinski definition) is 3. The molecule has 0 radical (unpaired) electrons. The first-order valence-corrected chi connectivity index (χ1v) is 10.8. The molecule has 1 aliphatic heterocycles. The molecule has 6 heteroatoms. The van der Waals surface area contributed by atoms with E-state index in [0.29, 0.717) is 44.6 Å². The van der Waals surface area contributed by atoms with Crippen molar-refractivity contribution < 1.29 is 14.3 Å². The molecule has 3 aliphatic rings. The van der Waals surface area contributed by atoms with Crippen LogP contribution in [-0.2, 0) is 17.8 Å². The minimum atomic E-state index is 0.0116. The van der Waals surface area contributed by atoms with Crippen molar-refractivity contribution in [2.75, 3.05) is 13.2 Å². The van der Waals surface area contributed by atoms with E-state index in [0.717, 1.165) is 42.6 Å². The van der Waals surface area contributed by atoms with Crippen LogP contribution in [0.5, 0.6) is 5.75 Å². The van der Waals surface area contributed by atoms with Crippen LogP contribution < -0.4 is 15.4 Å². The highest BCUT2D eigenvalue weighted by Gasteiger charge is 2.24. The fourth-order valence-corrected chi connectivity index (χ4v) is 4.07. The van der Waals surface area contributed by atoms with Crippen molar-refractivity contribution in [3.63, 3.8) is 0 Å². The minimum absolute atomic E-state index is 0.0116. The molecule has 2 fully saturated rings. The second-order valence-electron chi connectivity index (χ2n) is 8.34. The Morgan fingerprint density at radius 3 is 2.61 bits per heavy atom. The second-order valence-corrected chi connectivity index (χ2v) is 8.34. The first kappa shape index (κ1) is 19.1. The van der Waals surface area contributed by atoms with Gasteiger partial charge in [0.1, 0.15) is 12.4 Å². The van der Waals surface area contributed by atoms with Crippen LogP contribution in [-0.4, -0.2) is 42.1 Å². The molecule has 1 aromatic rings. The van der Waals surface area contributed by atoms with Gasteiger partial charge < -0.3 is 20.3 Å². The third-order valence-corrected chi connectivity index (χ3v) is 5.91. The monoisotopic (exact) mass is 385 g/mol. The first-order chi connectivity index (χ1) is 13.7. The van der Waals surface area contributed by atoms with E-state index in [9.17, 15) is 9.59 Å². The maximum Gasteiger partial charge on any atom is 0.318 e. The zero-order valence-corrected chi connectivity index (χ0v) is 16.5. The summed E-state index contributed by atoms with van der Waals surface area (Å²) in [5, 5.41) is 6.24. The Balaban J connectivity index is 1.35. The first-order valence-electron chi connectivity index (χ1n) is 10.8. The lowest BCUT2D eigenvalue weighted by Crippen LogP contribution is -2.45. The smallest absolute Gasteiger partial charge is 0.318 e. The maximum atomic E-state index is 12.7. The van der Waals surface area contributed by atoms with Crippen LogP contribution >= 0.6 is 0 Å². The second kappa shape index (κ2) is 8.84. The Morgan fingerprint density at radius 2 is 1.82 bits per heavy atom. The molecule has 6 nitrogen and oxygen atoms in total. The molecule has 0 bridgehead atoms. The summed E-state index contributed by atoms with van der Waals surface area (Å²) in [6.45, 7) is 1.65. The number of hydrogen-bond donors (Lipinski definition) is 2. The number of urea groups is 1. The molecule has 1 heterocycles. The Labute approximate surface area is 167 Å². The molecular formula is C22H31N3O3. The minimum Gasteiger partial charge on any atom is -0.491 e. The third-order valence-electron chi connectivity index (χ3n) is 5.91. The van der Waals surface area contributed by atoms with Crippen molar-refractivity contribution in [2.45, 2.75) is 76.4 Å². The van der Waals surface area contributed by atoms with Gasteiger partial charge >= 0.3 is 6.03 Å². The molecule has 2 aliphatic carbocycles. The van der Waals surface area contributed by atoms with E-state index in [2.05, 4.69) is 16.7 Å². The van der Waals surface area contributed by atoms with Crippen molar-refractivity contribution in [3.8, 4) is 5.75 Å². The van der Waals surface area contributed by atoms with Gasteiger partial charge in [-0.2, -0.15) is 0 Å². The summed E-state index contributed by atoms with van der Waals surface area (Å²) in [5.74, 6) is 0.973. The Bertz CT molecular complexity index is 711. The number of aryl methyl sites for hydroxylation is 1. The highest BCUT2D eigenvalue weighted by atomic mass is 16.5. The summed E-state index contributed by atoms with van der Waals surface area (Å²) in [6, 6.07) is 6.82. The molecule has 28 heavy (non-hydrogen) atoms. The van der Waals surface area contributed by atoms with Gasteiger partial charge in [0.2, 0.25) is 5.91 Å². The van der Waals surface area contributed by atoms with Crippen LogP contribution in [0.4, 0.5) is 4.79 Å². The van der Waals surface area contributed by atoms with Crippen molar-refractivity contribution in [2.24, 2.45) is 0 Å². The Hall–Kier alpha value is -2.24. The normalized spacial score (nSPS) is 19.9. The lowest BCUT2D eigenvalue weighted by Gasteiger charge is -2.27. The predicted octanol–water partition coefficient (Wildman–Crippen LogP) is 3.13. The van der Waals surface area contributed by atoms with Gasteiger partial charge in [-0.05, 0) is 43.7 Å². The number of nitrogens with one attached hydrogen (secondary N) is 2. The molecule has 3 amide bonds. The highest BCUT2D eigenvalue weighted by molar-refractivity contribution is 5.77. The van der Waals surface area contributed by atoms with Crippen molar-refractivity contribution in [1.82, 2.24) is 15.5 Å². The average Bonchev–Trinajstić information content (AvgIpc) is 3.53. The molecule has 0 spiro atoms. The lowest BCUT2D eigenvalue weighted by molar-refractivity contribution is -0.121. The topological polar surface area (TPSA) is 70.7 Å². The van der Waals surface area contributed by atoms with E-state index >= 15 is 0 Å². The SMILES string of the molecule is O=C(CCc1ccc2c(c1)CN(C(=O)NC1CCCCC1)CCO2)NC1CC1. The van der Waals surface area contributed by atoms with E-state index in [1.807, 2.05) is 17.0 Å². The van der Waals surface area contributed by atoms with Crippen molar-refractivity contribution in [1.29, 1.82) is 0 Å². The molecule has 0 atom stereocenters. The summed E-state index contributed by atoms with van der Waals surface area (Å²) < 4.78 is 5.86. The van der Waals surface area contributed by atoms with Crippen molar-refractivity contribution >= 4 is 11.9 Å². The Kier molecular flexibility index (Phi) is 6.03. The molecular weight excluding hydrogens is 354 g/mol. The zero-order valence-electron chi connectivity index (χ0n) is 16.5. The number of nitrogens with zero attached hydrogens (tertiary/aromatic N) is 1. The molecule has 152 valence electrons. The molecule has 0 unspecified atom stereocenters. The van der Waals surface area contributed by atoms with E-state index in [-0.39, 0.29) is 11.9 Å². The van der Waals surface area contributed by atoms with E-state index in [1.165, 1.54) is 19.3 Å². The summed E-state index contributed by atoms with van der Waals surface area (Å²) in [6.07, 6.45) is 9.28. The van der Waals surface area contributed by atoms with Gasteiger partial charge in [0.05, 0.1) is 13.1 Å². The van der Waals surface area contributed by atoms with Gasteiger partial charge in [-0.1, -0.05) is 31.4 Å². The van der Waals surface area contributed by atoms with E-state index in [4.69, 9.17) is 4.74 Å². The molecule has 1 aromatic carbocycles. The van der Waals surface area contributed by atoms with E-state index in [1.54, 1.807) is 0 Å². The fourth-order valence-electron chi connectivity index (χ4n) is 4.07. The van der Waals surface area contributed by atoms with Gasteiger partial charge in [0, 0.05) is 24.1 Å². The van der Waals surface area contributed by atoms with Gasteiger partial charge in [-0.15, -0.1) is 0 Å². The molecule has 2 saturated carbocycles. The number of carbonyl (C=O) groups excluding carboxylic acids is 2. The number of ether oxygens (including phenoxy) is 1. The number of amides is 3. The fraction of sp³-hybridized carbons (Fsp3) is 0.636. The number of rotatable bonds is 5. The predicted molar refractivity (Wildman–Crippen MR) is 107 cm³/mol. The summed E-state index contributed by atoms with van der Waals surface area (Å²) in [7, 11) is 0. The van der Waals surface area contributed by atoms with Crippen LogP contribution in [0.2, 0.25) is 0 Å². The van der Waals surface area contributed by atoms with Crippen LogP contribution in [0.1, 0.15) is 62.5 Å².